The molecule has 0 bridgehead atoms. The van der Waals surface area contributed by atoms with Gasteiger partial charge in [-0.25, -0.2) is 12.7 Å². The number of rotatable bonds is 10. The van der Waals surface area contributed by atoms with Crippen molar-refractivity contribution in [2.24, 2.45) is 0 Å². The van der Waals surface area contributed by atoms with E-state index < -0.39 is 34.2 Å². The SMILES string of the molecule is CN(c1nc(C(=O)NC(Cc2ccncc2)C(O)C(O)CCC#N)co1)S(C)(=O)=O. The number of amides is 1. The average Bonchev–Trinajstić information content (AvgIpc) is 3.20. The van der Waals surface area contributed by atoms with Gasteiger partial charge < -0.3 is 19.9 Å². The van der Waals surface area contributed by atoms with E-state index in [0.717, 1.165) is 22.4 Å². The van der Waals surface area contributed by atoms with Gasteiger partial charge in [-0.3, -0.25) is 9.78 Å². The Labute approximate surface area is 174 Å². The van der Waals surface area contributed by atoms with E-state index in [2.05, 4.69) is 15.3 Å². The first kappa shape index (κ1) is 23.3. The summed E-state index contributed by atoms with van der Waals surface area (Å²) in [6.45, 7) is 0. The number of hydrogen-bond acceptors (Lipinski definition) is 9. The Kier molecular flexibility index (Phi) is 7.87. The third-order valence-corrected chi connectivity index (χ3v) is 5.52. The van der Waals surface area contributed by atoms with Crippen LogP contribution in [0.2, 0.25) is 0 Å². The van der Waals surface area contributed by atoms with E-state index in [1.807, 2.05) is 6.07 Å². The third-order valence-electron chi connectivity index (χ3n) is 4.37. The van der Waals surface area contributed by atoms with Crippen LogP contribution in [-0.2, 0) is 16.4 Å². The van der Waals surface area contributed by atoms with Crippen molar-refractivity contribution in [1.82, 2.24) is 15.3 Å². The number of carbonyl (C=O) groups is 1. The van der Waals surface area contributed by atoms with Crippen LogP contribution in [0, 0.1) is 11.3 Å². The molecule has 0 spiro atoms. The highest BCUT2D eigenvalue weighted by molar-refractivity contribution is 7.92. The molecular weight excluding hydrogens is 414 g/mol. The van der Waals surface area contributed by atoms with Gasteiger partial charge in [-0.05, 0) is 30.5 Å². The lowest BCUT2D eigenvalue weighted by atomic mass is 9.96. The van der Waals surface area contributed by atoms with Gasteiger partial charge in [0.15, 0.2) is 5.69 Å². The van der Waals surface area contributed by atoms with Crippen LogP contribution in [0.25, 0.3) is 0 Å². The molecule has 3 atom stereocenters. The highest BCUT2D eigenvalue weighted by Crippen LogP contribution is 2.16. The molecule has 162 valence electrons. The fourth-order valence-electron chi connectivity index (χ4n) is 2.58. The molecule has 0 fully saturated rings. The van der Waals surface area contributed by atoms with Gasteiger partial charge in [0.05, 0.1) is 24.5 Å². The Morgan fingerprint density at radius 1 is 1.37 bits per heavy atom. The van der Waals surface area contributed by atoms with Gasteiger partial charge in [-0.15, -0.1) is 0 Å². The molecule has 0 radical (unpaired) electrons. The van der Waals surface area contributed by atoms with Crippen molar-refractivity contribution < 1.29 is 27.8 Å². The Balaban J connectivity index is 2.19. The molecule has 0 aliphatic rings. The first-order valence-electron chi connectivity index (χ1n) is 8.95. The summed E-state index contributed by atoms with van der Waals surface area (Å²) >= 11 is 0. The normalized spacial score (nSPS) is 14.4. The van der Waals surface area contributed by atoms with Crippen molar-refractivity contribution in [3.63, 3.8) is 0 Å². The molecular formula is C18H23N5O6S. The number of oxazole rings is 1. The van der Waals surface area contributed by atoms with Crippen LogP contribution < -0.4 is 9.62 Å². The monoisotopic (exact) mass is 437 g/mol. The summed E-state index contributed by atoms with van der Waals surface area (Å²) < 4.78 is 29.0. The smallest absolute Gasteiger partial charge is 0.311 e. The van der Waals surface area contributed by atoms with Crippen LogP contribution in [0.1, 0.15) is 28.9 Å². The first-order valence-corrected chi connectivity index (χ1v) is 10.8. The van der Waals surface area contributed by atoms with Crippen LogP contribution in [-0.4, -0.2) is 66.1 Å². The molecule has 2 rings (SSSR count). The van der Waals surface area contributed by atoms with Crippen molar-refractivity contribution >= 4 is 21.9 Å². The fraction of sp³-hybridized carbons (Fsp3) is 0.444. The molecule has 0 saturated heterocycles. The standard InChI is InChI=1S/C18H23N5O6S/c1-23(30(2,27)28)18-22-14(11-29-18)17(26)21-13(10-12-5-8-20-9-6-12)16(25)15(24)4-3-7-19/h5-6,8-9,11,13,15-16,24-25H,3-4,10H2,1-2H3,(H,21,26). The number of nitrogens with one attached hydrogen (secondary N) is 1. The average molecular weight is 437 g/mol. The molecule has 12 heteroatoms. The Morgan fingerprint density at radius 2 is 2.03 bits per heavy atom. The van der Waals surface area contributed by atoms with E-state index in [-0.39, 0.29) is 31.0 Å². The lowest BCUT2D eigenvalue weighted by Crippen LogP contribution is -2.49. The van der Waals surface area contributed by atoms with Crippen LogP contribution in [0.15, 0.2) is 35.2 Å². The lowest BCUT2D eigenvalue weighted by Gasteiger charge is -2.27. The fourth-order valence-corrected chi connectivity index (χ4v) is 2.95. The Hall–Kier alpha value is -3.01. The number of aliphatic hydroxyl groups excluding tert-OH is 2. The zero-order valence-corrected chi connectivity index (χ0v) is 17.3. The van der Waals surface area contributed by atoms with Gasteiger partial charge in [-0.2, -0.15) is 10.2 Å². The van der Waals surface area contributed by atoms with Crippen molar-refractivity contribution in [3.05, 3.63) is 42.0 Å². The van der Waals surface area contributed by atoms with Crippen LogP contribution in [0.5, 0.6) is 0 Å². The molecule has 2 aromatic heterocycles. The summed E-state index contributed by atoms with van der Waals surface area (Å²) in [6.07, 6.45) is 2.71. The molecule has 11 nitrogen and oxygen atoms in total. The van der Waals surface area contributed by atoms with Gasteiger partial charge >= 0.3 is 6.01 Å². The number of sulfonamides is 1. The second kappa shape index (κ2) is 10.1. The minimum absolute atomic E-state index is 0.0354. The van der Waals surface area contributed by atoms with E-state index in [1.165, 1.54) is 7.05 Å². The predicted octanol–water partition coefficient (Wildman–Crippen LogP) is -0.168. The zero-order valence-electron chi connectivity index (χ0n) is 16.5. The Bertz CT molecular complexity index is 988. The van der Waals surface area contributed by atoms with Crippen LogP contribution in [0.4, 0.5) is 6.01 Å². The summed E-state index contributed by atoms with van der Waals surface area (Å²) in [5.41, 5.74) is 0.554. The molecule has 2 heterocycles. The molecule has 3 N–H and O–H groups in total. The van der Waals surface area contributed by atoms with Crippen molar-refractivity contribution in [1.29, 1.82) is 5.26 Å². The maximum Gasteiger partial charge on any atom is 0.311 e. The second-order valence-corrected chi connectivity index (χ2v) is 8.65. The third kappa shape index (κ3) is 6.24. The lowest BCUT2D eigenvalue weighted by molar-refractivity contribution is -0.00647. The molecule has 0 aliphatic carbocycles. The number of nitrogens with zero attached hydrogens (tertiary/aromatic N) is 4. The summed E-state index contributed by atoms with van der Waals surface area (Å²) in [5.74, 6) is -0.725. The number of nitriles is 1. The topological polar surface area (TPSA) is 170 Å². The minimum Gasteiger partial charge on any atom is -0.430 e. The van der Waals surface area contributed by atoms with Gasteiger partial charge in [0, 0.05) is 25.9 Å². The summed E-state index contributed by atoms with van der Waals surface area (Å²) in [6, 6.07) is 4.08. The first-order chi connectivity index (χ1) is 14.1. The van der Waals surface area contributed by atoms with E-state index >= 15 is 0 Å². The number of aromatic nitrogens is 2. The molecule has 1 amide bonds. The number of hydrogen-bond donors (Lipinski definition) is 3. The molecule has 0 aromatic carbocycles. The summed E-state index contributed by atoms with van der Waals surface area (Å²) in [7, 11) is -2.40. The Morgan fingerprint density at radius 3 is 2.63 bits per heavy atom. The van der Waals surface area contributed by atoms with Gasteiger partial charge in [0.25, 0.3) is 5.91 Å². The van der Waals surface area contributed by atoms with E-state index in [1.54, 1.807) is 24.5 Å². The molecule has 3 unspecified atom stereocenters. The number of aliphatic hydroxyl groups is 2. The van der Waals surface area contributed by atoms with Crippen molar-refractivity contribution in [2.45, 2.75) is 37.5 Å². The summed E-state index contributed by atoms with van der Waals surface area (Å²) in [5, 5.41) is 32.0. The van der Waals surface area contributed by atoms with Crippen LogP contribution >= 0.6 is 0 Å². The van der Waals surface area contributed by atoms with Crippen LogP contribution in [0.3, 0.4) is 0 Å². The molecule has 2 aromatic rings. The van der Waals surface area contributed by atoms with Crippen molar-refractivity contribution in [3.8, 4) is 6.07 Å². The molecule has 0 aliphatic heterocycles. The van der Waals surface area contributed by atoms with Gasteiger partial charge in [0.1, 0.15) is 12.4 Å². The highest BCUT2D eigenvalue weighted by Gasteiger charge is 2.29. The maximum atomic E-state index is 12.6. The number of carbonyl (C=O) groups excluding carboxylic acids is 1. The molecule has 30 heavy (non-hydrogen) atoms. The maximum absolute atomic E-state index is 12.6. The second-order valence-electron chi connectivity index (χ2n) is 6.64. The highest BCUT2D eigenvalue weighted by atomic mass is 32.2. The van der Waals surface area contributed by atoms with E-state index in [4.69, 9.17) is 9.68 Å². The van der Waals surface area contributed by atoms with E-state index in [0.29, 0.717) is 0 Å². The van der Waals surface area contributed by atoms with E-state index in [9.17, 15) is 23.4 Å². The number of anilines is 1. The van der Waals surface area contributed by atoms with Crippen molar-refractivity contribution in [2.75, 3.05) is 17.6 Å². The van der Waals surface area contributed by atoms with Gasteiger partial charge in [0.2, 0.25) is 10.0 Å². The minimum atomic E-state index is -3.63. The number of pyridine rings is 1. The zero-order chi connectivity index (χ0) is 22.3. The largest absolute Gasteiger partial charge is 0.430 e. The summed E-state index contributed by atoms with van der Waals surface area (Å²) in [4.78, 5) is 20.4. The molecule has 0 saturated carbocycles. The predicted molar refractivity (Wildman–Crippen MR) is 106 cm³/mol. The quantitative estimate of drug-likeness (QED) is 0.457. The van der Waals surface area contributed by atoms with Gasteiger partial charge in [-0.1, -0.05) is 0 Å².